The van der Waals surface area contributed by atoms with E-state index < -0.39 is 10.0 Å². The van der Waals surface area contributed by atoms with E-state index >= 15 is 0 Å². The number of hydrogen-bond acceptors (Lipinski definition) is 5. The normalized spacial score (nSPS) is 11.3. The summed E-state index contributed by atoms with van der Waals surface area (Å²) in [5.74, 6) is -0.332. The molecule has 112 valence electrons. The molecule has 6 nitrogen and oxygen atoms in total. The topological polar surface area (TPSA) is 98.5 Å². The van der Waals surface area contributed by atoms with E-state index in [0.717, 1.165) is 5.56 Å². The number of esters is 1. The first-order valence-corrected chi connectivity index (χ1v) is 7.86. The lowest BCUT2D eigenvalue weighted by atomic mass is 10.2. The Morgan fingerprint density at radius 2 is 2.10 bits per heavy atom. The molecule has 0 aliphatic carbocycles. The number of hydrogen-bond donors (Lipinski definition) is 2. The smallest absolute Gasteiger partial charge is 0.305 e. The van der Waals surface area contributed by atoms with Crippen LogP contribution in [-0.2, 0) is 19.6 Å². The van der Waals surface area contributed by atoms with Crippen molar-refractivity contribution >= 4 is 21.7 Å². The molecule has 0 aliphatic rings. The largest absolute Gasteiger partial charge is 0.466 e. The zero-order valence-electron chi connectivity index (χ0n) is 11.7. The fraction of sp³-hybridized carbons (Fsp3) is 0.462. The van der Waals surface area contributed by atoms with Gasteiger partial charge in [0.2, 0.25) is 10.0 Å². The van der Waals surface area contributed by atoms with Gasteiger partial charge in [0, 0.05) is 13.0 Å². The van der Waals surface area contributed by atoms with E-state index in [4.69, 9.17) is 10.5 Å². The molecule has 1 rings (SSSR count). The minimum Gasteiger partial charge on any atom is -0.466 e. The summed E-state index contributed by atoms with van der Waals surface area (Å²) >= 11 is 0. The fourth-order valence-corrected chi connectivity index (χ4v) is 2.85. The Balaban J connectivity index is 2.56. The number of ether oxygens (including phenoxy) is 1. The Bertz CT molecular complexity index is 570. The van der Waals surface area contributed by atoms with Crippen LogP contribution in [0.15, 0.2) is 23.1 Å². The second-order valence-corrected chi connectivity index (χ2v) is 6.08. The van der Waals surface area contributed by atoms with Gasteiger partial charge >= 0.3 is 5.97 Å². The Hall–Kier alpha value is -1.60. The highest BCUT2D eigenvalue weighted by atomic mass is 32.2. The number of sulfonamides is 1. The van der Waals surface area contributed by atoms with Crippen molar-refractivity contribution in [2.45, 2.75) is 31.6 Å². The van der Waals surface area contributed by atoms with E-state index in [1.165, 1.54) is 6.07 Å². The third kappa shape index (κ3) is 4.82. The number of rotatable bonds is 7. The van der Waals surface area contributed by atoms with Crippen molar-refractivity contribution in [2.75, 3.05) is 18.9 Å². The second kappa shape index (κ2) is 7.25. The molecule has 0 aliphatic heterocycles. The summed E-state index contributed by atoms with van der Waals surface area (Å²) < 4.78 is 31.2. The molecule has 20 heavy (non-hydrogen) atoms. The summed E-state index contributed by atoms with van der Waals surface area (Å²) in [6, 6.07) is 4.76. The number of anilines is 1. The molecular weight excluding hydrogens is 280 g/mol. The van der Waals surface area contributed by atoms with E-state index in [-0.39, 0.29) is 29.5 Å². The van der Waals surface area contributed by atoms with Crippen LogP contribution in [0.25, 0.3) is 0 Å². The van der Waals surface area contributed by atoms with Gasteiger partial charge in [-0.15, -0.1) is 0 Å². The first-order chi connectivity index (χ1) is 9.36. The van der Waals surface area contributed by atoms with Gasteiger partial charge in [-0.3, -0.25) is 4.79 Å². The predicted octanol–water partition coefficient (Wildman–Crippen LogP) is 1.20. The quantitative estimate of drug-likeness (QED) is 0.448. The van der Waals surface area contributed by atoms with E-state index in [9.17, 15) is 13.2 Å². The van der Waals surface area contributed by atoms with Crippen molar-refractivity contribution in [1.82, 2.24) is 4.72 Å². The van der Waals surface area contributed by atoms with Gasteiger partial charge in [0.05, 0.1) is 12.3 Å². The van der Waals surface area contributed by atoms with E-state index in [1.54, 1.807) is 19.1 Å². The maximum absolute atomic E-state index is 12.0. The molecule has 0 atom stereocenters. The molecule has 1 aromatic rings. The fourth-order valence-electron chi connectivity index (χ4n) is 1.66. The lowest BCUT2D eigenvalue weighted by molar-refractivity contribution is -0.143. The average molecular weight is 300 g/mol. The highest BCUT2D eigenvalue weighted by Gasteiger charge is 2.16. The Labute approximate surface area is 119 Å². The third-order valence-corrected chi connectivity index (χ3v) is 4.14. The van der Waals surface area contributed by atoms with Gasteiger partial charge in [-0.25, -0.2) is 13.1 Å². The number of carbonyl (C=O) groups excluding carboxylic acids is 1. The number of nitrogens with two attached hydrogens (primary N) is 1. The Kier molecular flexibility index (Phi) is 5.97. The molecule has 0 unspecified atom stereocenters. The molecule has 0 heterocycles. The molecule has 3 N–H and O–H groups in total. The standard InChI is InChI=1S/C13H20N2O4S/c1-3-19-13(16)5-4-8-15-20(17,18)12-7-6-10(2)9-11(12)14/h6-7,9,15H,3-5,8,14H2,1-2H3. The highest BCUT2D eigenvalue weighted by Crippen LogP contribution is 2.19. The van der Waals surface area contributed by atoms with Crippen molar-refractivity contribution in [3.8, 4) is 0 Å². The molecule has 0 amide bonds. The van der Waals surface area contributed by atoms with Crippen LogP contribution in [0.5, 0.6) is 0 Å². The third-order valence-electron chi connectivity index (χ3n) is 2.61. The number of benzene rings is 1. The summed E-state index contributed by atoms with van der Waals surface area (Å²) in [5.41, 5.74) is 6.81. The number of aryl methyl sites for hydroxylation is 1. The monoisotopic (exact) mass is 300 g/mol. The lowest BCUT2D eigenvalue weighted by Crippen LogP contribution is -2.26. The van der Waals surface area contributed by atoms with E-state index in [1.807, 2.05) is 6.92 Å². The summed E-state index contributed by atoms with van der Waals surface area (Å²) in [6.07, 6.45) is 0.559. The van der Waals surface area contributed by atoms with Gasteiger partial charge in [0.1, 0.15) is 4.90 Å². The molecule has 0 aromatic heterocycles. The number of carbonyl (C=O) groups is 1. The van der Waals surface area contributed by atoms with Crippen LogP contribution in [0.2, 0.25) is 0 Å². The first kappa shape index (κ1) is 16.5. The van der Waals surface area contributed by atoms with Crippen LogP contribution in [0.4, 0.5) is 5.69 Å². The van der Waals surface area contributed by atoms with Crippen LogP contribution >= 0.6 is 0 Å². The molecule has 0 bridgehead atoms. The van der Waals surface area contributed by atoms with Crippen LogP contribution < -0.4 is 10.5 Å². The molecular formula is C13H20N2O4S. The van der Waals surface area contributed by atoms with Crippen molar-refractivity contribution in [2.24, 2.45) is 0 Å². The van der Waals surface area contributed by atoms with Gasteiger partial charge in [-0.05, 0) is 38.0 Å². The summed E-state index contributed by atoms with van der Waals surface area (Å²) in [7, 11) is -3.65. The summed E-state index contributed by atoms with van der Waals surface area (Å²) in [4.78, 5) is 11.2. The molecule has 0 saturated carbocycles. The minimum absolute atomic E-state index is 0.0548. The molecule has 1 aromatic carbocycles. The van der Waals surface area contributed by atoms with Crippen LogP contribution in [0.3, 0.4) is 0 Å². The predicted molar refractivity (Wildman–Crippen MR) is 76.6 cm³/mol. The minimum atomic E-state index is -3.65. The second-order valence-electron chi connectivity index (χ2n) is 4.35. The first-order valence-electron chi connectivity index (χ1n) is 6.38. The Morgan fingerprint density at radius 1 is 1.40 bits per heavy atom. The molecule has 0 fully saturated rings. The average Bonchev–Trinajstić information content (AvgIpc) is 2.34. The maximum atomic E-state index is 12.0. The van der Waals surface area contributed by atoms with Crippen molar-refractivity contribution in [3.63, 3.8) is 0 Å². The molecule has 0 spiro atoms. The van der Waals surface area contributed by atoms with Gasteiger partial charge < -0.3 is 10.5 Å². The van der Waals surface area contributed by atoms with Crippen molar-refractivity contribution in [3.05, 3.63) is 23.8 Å². The zero-order chi connectivity index (χ0) is 15.2. The van der Waals surface area contributed by atoms with Crippen molar-refractivity contribution < 1.29 is 17.9 Å². The number of nitrogen functional groups attached to an aromatic ring is 1. The van der Waals surface area contributed by atoms with Gasteiger partial charge in [0.15, 0.2) is 0 Å². The van der Waals surface area contributed by atoms with E-state index in [0.29, 0.717) is 13.0 Å². The van der Waals surface area contributed by atoms with E-state index in [2.05, 4.69) is 4.72 Å². The zero-order valence-corrected chi connectivity index (χ0v) is 12.5. The van der Waals surface area contributed by atoms with Crippen LogP contribution in [0, 0.1) is 6.92 Å². The lowest BCUT2D eigenvalue weighted by Gasteiger charge is -2.09. The maximum Gasteiger partial charge on any atom is 0.305 e. The molecule has 7 heteroatoms. The number of nitrogens with one attached hydrogen (secondary N) is 1. The van der Waals surface area contributed by atoms with Crippen LogP contribution in [-0.4, -0.2) is 27.5 Å². The SMILES string of the molecule is CCOC(=O)CCCNS(=O)(=O)c1ccc(C)cc1N. The molecule has 0 saturated heterocycles. The van der Waals surface area contributed by atoms with Gasteiger partial charge in [-0.2, -0.15) is 0 Å². The molecule has 0 radical (unpaired) electrons. The summed E-state index contributed by atoms with van der Waals surface area (Å²) in [6.45, 7) is 4.04. The van der Waals surface area contributed by atoms with Gasteiger partial charge in [-0.1, -0.05) is 6.07 Å². The Morgan fingerprint density at radius 3 is 2.70 bits per heavy atom. The summed E-state index contributed by atoms with van der Waals surface area (Å²) in [5, 5.41) is 0. The van der Waals surface area contributed by atoms with Gasteiger partial charge in [0.25, 0.3) is 0 Å². The van der Waals surface area contributed by atoms with Crippen LogP contribution in [0.1, 0.15) is 25.3 Å². The van der Waals surface area contributed by atoms with Crippen molar-refractivity contribution in [1.29, 1.82) is 0 Å². The highest BCUT2D eigenvalue weighted by molar-refractivity contribution is 7.89.